The van der Waals surface area contributed by atoms with Gasteiger partial charge in [0.2, 0.25) is 0 Å². The zero-order valence-corrected chi connectivity index (χ0v) is 14.1. The molecular weight excluding hydrogens is 232 g/mol. The summed E-state index contributed by atoms with van der Waals surface area (Å²) < 4.78 is 0. The predicted octanol–water partition coefficient (Wildman–Crippen LogP) is 3.77. The minimum atomic E-state index is 0.430. The lowest BCUT2D eigenvalue weighted by Crippen LogP contribution is -2.47. The van der Waals surface area contributed by atoms with E-state index < -0.39 is 0 Å². The molecule has 114 valence electrons. The van der Waals surface area contributed by atoms with Crippen LogP contribution in [0.15, 0.2) is 0 Å². The van der Waals surface area contributed by atoms with Crippen LogP contribution in [0.2, 0.25) is 0 Å². The average molecular weight is 268 g/mol. The maximum atomic E-state index is 3.65. The van der Waals surface area contributed by atoms with E-state index >= 15 is 0 Å². The molecule has 19 heavy (non-hydrogen) atoms. The first kappa shape index (κ1) is 17.0. The van der Waals surface area contributed by atoms with Crippen LogP contribution in [0.4, 0.5) is 0 Å². The van der Waals surface area contributed by atoms with Crippen molar-refractivity contribution in [1.29, 1.82) is 0 Å². The second-order valence-corrected chi connectivity index (χ2v) is 7.57. The number of nitrogens with one attached hydrogen (secondary N) is 1. The third-order valence-corrected chi connectivity index (χ3v) is 4.81. The number of piperidine rings is 1. The summed E-state index contributed by atoms with van der Waals surface area (Å²) in [6.45, 7) is 19.1. The minimum absolute atomic E-state index is 0.430. The Morgan fingerprint density at radius 1 is 1.26 bits per heavy atom. The van der Waals surface area contributed by atoms with Crippen LogP contribution >= 0.6 is 0 Å². The lowest BCUT2D eigenvalue weighted by molar-refractivity contribution is 0.0833. The quantitative estimate of drug-likeness (QED) is 0.756. The van der Waals surface area contributed by atoms with E-state index in [4.69, 9.17) is 0 Å². The van der Waals surface area contributed by atoms with Gasteiger partial charge in [0.1, 0.15) is 0 Å². The van der Waals surface area contributed by atoms with Crippen LogP contribution in [-0.4, -0.2) is 37.1 Å². The Bertz CT molecular complexity index is 252. The van der Waals surface area contributed by atoms with Crippen molar-refractivity contribution in [2.45, 2.75) is 66.8 Å². The number of hydrogen-bond donors (Lipinski definition) is 1. The fraction of sp³-hybridized carbons (Fsp3) is 1.00. The zero-order chi connectivity index (χ0) is 14.5. The van der Waals surface area contributed by atoms with Crippen LogP contribution < -0.4 is 5.32 Å². The monoisotopic (exact) mass is 268 g/mol. The Kier molecular flexibility index (Phi) is 6.82. The topological polar surface area (TPSA) is 15.3 Å². The smallest absolute Gasteiger partial charge is 0.00476 e. The highest BCUT2D eigenvalue weighted by Crippen LogP contribution is 2.28. The van der Waals surface area contributed by atoms with Crippen LogP contribution in [0.3, 0.4) is 0 Å². The van der Waals surface area contributed by atoms with Crippen LogP contribution in [0, 0.1) is 17.3 Å². The van der Waals surface area contributed by atoms with Crippen molar-refractivity contribution in [3.8, 4) is 0 Å². The normalized spacial score (nSPS) is 28.6. The summed E-state index contributed by atoms with van der Waals surface area (Å²) >= 11 is 0. The number of hydrogen-bond acceptors (Lipinski definition) is 2. The van der Waals surface area contributed by atoms with Crippen molar-refractivity contribution < 1.29 is 0 Å². The first-order valence-corrected chi connectivity index (χ1v) is 8.32. The molecule has 0 aromatic carbocycles. The molecule has 3 atom stereocenters. The van der Waals surface area contributed by atoms with Gasteiger partial charge in [-0.2, -0.15) is 0 Å². The molecule has 1 rings (SSSR count). The first-order valence-electron chi connectivity index (χ1n) is 8.32. The Labute approximate surface area is 121 Å². The molecule has 0 spiro atoms. The Balaban J connectivity index is 2.52. The van der Waals surface area contributed by atoms with Crippen molar-refractivity contribution in [1.82, 2.24) is 10.2 Å². The fourth-order valence-corrected chi connectivity index (χ4v) is 3.31. The fourth-order valence-electron chi connectivity index (χ4n) is 3.31. The van der Waals surface area contributed by atoms with Gasteiger partial charge in [-0.25, -0.2) is 0 Å². The molecule has 1 N–H and O–H groups in total. The molecule has 1 heterocycles. The molecule has 0 bridgehead atoms. The van der Waals surface area contributed by atoms with Gasteiger partial charge in [-0.3, -0.25) is 0 Å². The molecule has 0 aromatic rings. The molecule has 0 amide bonds. The predicted molar refractivity (Wildman–Crippen MR) is 85.5 cm³/mol. The molecule has 1 fully saturated rings. The van der Waals surface area contributed by atoms with Crippen molar-refractivity contribution in [3.05, 3.63) is 0 Å². The highest BCUT2D eigenvalue weighted by atomic mass is 15.1. The molecule has 1 aliphatic rings. The molecule has 0 aromatic heterocycles. The van der Waals surface area contributed by atoms with E-state index in [1.54, 1.807) is 0 Å². The molecule has 0 aliphatic carbocycles. The number of rotatable bonds is 7. The molecule has 3 unspecified atom stereocenters. The summed E-state index contributed by atoms with van der Waals surface area (Å²) in [5, 5.41) is 3.65. The van der Waals surface area contributed by atoms with Gasteiger partial charge in [0.15, 0.2) is 0 Å². The number of likely N-dealkylation sites (tertiary alicyclic amines) is 1. The van der Waals surface area contributed by atoms with Crippen LogP contribution in [-0.2, 0) is 0 Å². The second-order valence-electron chi connectivity index (χ2n) is 7.57. The lowest BCUT2D eigenvalue weighted by atomic mass is 9.82. The van der Waals surface area contributed by atoms with Gasteiger partial charge in [0, 0.05) is 25.7 Å². The second kappa shape index (κ2) is 7.64. The molecule has 2 nitrogen and oxygen atoms in total. The summed E-state index contributed by atoms with van der Waals surface area (Å²) in [4.78, 5) is 2.71. The van der Waals surface area contributed by atoms with E-state index in [9.17, 15) is 0 Å². The van der Waals surface area contributed by atoms with Gasteiger partial charge >= 0.3 is 0 Å². The van der Waals surface area contributed by atoms with Gasteiger partial charge < -0.3 is 10.2 Å². The van der Waals surface area contributed by atoms with E-state index in [0.29, 0.717) is 11.5 Å². The van der Waals surface area contributed by atoms with Crippen LogP contribution in [0.5, 0.6) is 0 Å². The minimum Gasteiger partial charge on any atom is -0.314 e. The van der Waals surface area contributed by atoms with Crippen molar-refractivity contribution >= 4 is 0 Å². The molecule has 1 aliphatic heterocycles. The first-order chi connectivity index (χ1) is 8.86. The Morgan fingerprint density at radius 2 is 1.95 bits per heavy atom. The van der Waals surface area contributed by atoms with Gasteiger partial charge in [-0.15, -0.1) is 0 Å². The number of nitrogens with zero attached hydrogens (tertiary/aromatic N) is 1. The Morgan fingerprint density at radius 3 is 2.47 bits per heavy atom. The molecule has 0 saturated carbocycles. The van der Waals surface area contributed by atoms with Crippen molar-refractivity contribution in [3.63, 3.8) is 0 Å². The zero-order valence-electron chi connectivity index (χ0n) is 14.1. The summed E-state index contributed by atoms with van der Waals surface area (Å²) in [5.41, 5.74) is 0.430. The SMILES string of the molecule is CCCC(C)(CNC(C)C)CN1CCC(C)C(C)C1. The van der Waals surface area contributed by atoms with Gasteiger partial charge in [-0.05, 0) is 36.6 Å². The van der Waals surface area contributed by atoms with Gasteiger partial charge in [-0.1, -0.05) is 48.0 Å². The Hall–Kier alpha value is -0.0800. The van der Waals surface area contributed by atoms with E-state index in [2.05, 4.69) is 51.8 Å². The molecule has 0 radical (unpaired) electrons. The highest BCUT2D eigenvalue weighted by molar-refractivity contribution is 4.84. The van der Waals surface area contributed by atoms with E-state index in [0.717, 1.165) is 18.4 Å². The van der Waals surface area contributed by atoms with Gasteiger partial charge in [0.25, 0.3) is 0 Å². The van der Waals surface area contributed by atoms with Crippen LogP contribution in [0.25, 0.3) is 0 Å². The maximum Gasteiger partial charge on any atom is 0.00476 e. The molecule has 2 heteroatoms. The largest absolute Gasteiger partial charge is 0.314 e. The molecule has 1 saturated heterocycles. The summed E-state index contributed by atoms with van der Waals surface area (Å²) in [7, 11) is 0. The third kappa shape index (κ3) is 5.83. The summed E-state index contributed by atoms with van der Waals surface area (Å²) in [5.74, 6) is 1.76. The van der Waals surface area contributed by atoms with Crippen molar-refractivity contribution in [2.24, 2.45) is 17.3 Å². The lowest BCUT2D eigenvalue weighted by Gasteiger charge is -2.41. The van der Waals surface area contributed by atoms with E-state index in [1.165, 1.54) is 38.9 Å². The van der Waals surface area contributed by atoms with Crippen molar-refractivity contribution in [2.75, 3.05) is 26.2 Å². The standard InChI is InChI=1S/C17H36N2/c1-7-9-17(6,12-18-14(2)3)13-19-10-8-15(4)16(5)11-19/h14-16,18H,7-13H2,1-6H3. The molecular formula is C17H36N2. The van der Waals surface area contributed by atoms with Gasteiger partial charge in [0.05, 0.1) is 0 Å². The highest BCUT2D eigenvalue weighted by Gasteiger charge is 2.30. The average Bonchev–Trinajstić information content (AvgIpc) is 2.32. The third-order valence-electron chi connectivity index (χ3n) is 4.81. The van der Waals surface area contributed by atoms with E-state index in [1.807, 2.05) is 0 Å². The summed E-state index contributed by atoms with van der Waals surface area (Å²) in [6.07, 6.45) is 3.99. The summed E-state index contributed by atoms with van der Waals surface area (Å²) in [6, 6.07) is 0.594. The van der Waals surface area contributed by atoms with E-state index in [-0.39, 0.29) is 0 Å². The maximum absolute atomic E-state index is 3.65. The van der Waals surface area contributed by atoms with Crippen LogP contribution in [0.1, 0.15) is 60.8 Å².